The van der Waals surface area contributed by atoms with Crippen molar-refractivity contribution in [2.45, 2.75) is 13.8 Å². The molecule has 7 heteroatoms. The van der Waals surface area contributed by atoms with Gasteiger partial charge in [0.2, 0.25) is 11.2 Å². The van der Waals surface area contributed by atoms with Crippen LogP contribution in [-0.4, -0.2) is 29.5 Å². The molecule has 5 nitrogen and oxygen atoms in total. The van der Waals surface area contributed by atoms with Crippen molar-refractivity contribution in [1.82, 2.24) is 15.3 Å². The number of nitrogens with zero attached hydrogens (tertiary/aromatic N) is 2. The monoisotopic (exact) mass is 260 g/mol. The standard InChI is InChI=1S/C10H14ClFN4O/c1-10(2,8(17)13-3)5-15-7-6(12)4-14-9(11)16-7/h4H,5H2,1-3H3,(H,13,17)(H,14,15,16). The molecular formula is C10H14ClFN4O. The molecule has 0 saturated heterocycles. The largest absolute Gasteiger partial charge is 0.366 e. The Morgan fingerprint density at radius 3 is 2.82 bits per heavy atom. The first-order chi connectivity index (χ1) is 7.86. The van der Waals surface area contributed by atoms with Crippen LogP contribution < -0.4 is 10.6 Å². The Hall–Kier alpha value is -1.43. The Morgan fingerprint density at radius 2 is 2.24 bits per heavy atom. The molecular weight excluding hydrogens is 247 g/mol. The summed E-state index contributed by atoms with van der Waals surface area (Å²) in [5, 5.41) is 5.22. The highest BCUT2D eigenvalue weighted by Gasteiger charge is 2.26. The zero-order chi connectivity index (χ0) is 13.1. The van der Waals surface area contributed by atoms with Crippen LogP contribution in [0.5, 0.6) is 0 Å². The summed E-state index contributed by atoms with van der Waals surface area (Å²) >= 11 is 5.55. The number of carbonyl (C=O) groups excluding carboxylic acids is 1. The second kappa shape index (κ2) is 5.27. The van der Waals surface area contributed by atoms with Crippen LogP contribution in [0, 0.1) is 11.2 Å². The molecule has 1 amide bonds. The van der Waals surface area contributed by atoms with E-state index in [0.29, 0.717) is 0 Å². The van der Waals surface area contributed by atoms with Crippen LogP contribution in [0.4, 0.5) is 10.2 Å². The lowest BCUT2D eigenvalue weighted by Gasteiger charge is -2.23. The molecule has 0 saturated carbocycles. The van der Waals surface area contributed by atoms with E-state index in [4.69, 9.17) is 11.6 Å². The third kappa shape index (κ3) is 3.52. The van der Waals surface area contributed by atoms with Crippen molar-refractivity contribution in [3.63, 3.8) is 0 Å². The summed E-state index contributed by atoms with van der Waals surface area (Å²) in [6.07, 6.45) is 0.977. The molecule has 17 heavy (non-hydrogen) atoms. The molecule has 0 fully saturated rings. The molecule has 1 aromatic heterocycles. The van der Waals surface area contributed by atoms with E-state index in [2.05, 4.69) is 20.6 Å². The highest BCUT2D eigenvalue weighted by atomic mass is 35.5. The quantitative estimate of drug-likeness (QED) is 0.805. The van der Waals surface area contributed by atoms with E-state index in [-0.39, 0.29) is 23.6 Å². The summed E-state index contributed by atoms with van der Waals surface area (Å²) in [7, 11) is 1.55. The van der Waals surface area contributed by atoms with Gasteiger partial charge in [0, 0.05) is 13.6 Å². The molecule has 0 bridgehead atoms. The number of halogens is 2. The summed E-state index contributed by atoms with van der Waals surface area (Å²) in [6, 6.07) is 0. The number of anilines is 1. The lowest BCUT2D eigenvalue weighted by atomic mass is 9.92. The van der Waals surface area contributed by atoms with Crippen LogP contribution in [0.25, 0.3) is 0 Å². The molecule has 2 N–H and O–H groups in total. The number of hydrogen-bond acceptors (Lipinski definition) is 4. The van der Waals surface area contributed by atoms with Crippen molar-refractivity contribution in [3.05, 3.63) is 17.3 Å². The lowest BCUT2D eigenvalue weighted by molar-refractivity contribution is -0.128. The molecule has 0 aliphatic heterocycles. The van der Waals surface area contributed by atoms with Crippen LogP contribution in [0.2, 0.25) is 5.28 Å². The first kappa shape index (κ1) is 13.6. The Labute approximate surface area is 104 Å². The van der Waals surface area contributed by atoms with Gasteiger partial charge in [-0.15, -0.1) is 0 Å². The minimum atomic E-state index is -0.682. The average Bonchev–Trinajstić information content (AvgIpc) is 2.29. The molecule has 0 aromatic carbocycles. The van der Waals surface area contributed by atoms with E-state index < -0.39 is 11.2 Å². The predicted octanol–water partition coefficient (Wildman–Crippen LogP) is 1.45. The predicted molar refractivity (Wildman–Crippen MR) is 63.3 cm³/mol. The highest BCUT2D eigenvalue weighted by Crippen LogP contribution is 2.18. The van der Waals surface area contributed by atoms with E-state index in [1.165, 1.54) is 0 Å². The van der Waals surface area contributed by atoms with Gasteiger partial charge < -0.3 is 10.6 Å². The summed E-state index contributed by atoms with van der Waals surface area (Å²) in [5.74, 6) is -0.769. The maximum atomic E-state index is 13.3. The van der Waals surface area contributed by atoms with Crippen LogP contribution in [-0.2, 0) is 4.79 Å². The third-order valence-corrected chi connectivity index (χ3v) is 2.44. The van der Waals surface area contributed by atoms with Gasteiger partial charge in [0.05, 0.1) is 11.6 Å². The number of hydrogen-bond donors (Lipinski definition) is 2. The van der Waals surface area contributed by atoms with Crippen LogP contribution in [0.1, 0.15) is 13.8 Å². The minimum absolute atomic E-state index is 0.0121. The SMILES string of the molecule is CNC(=O)C(C)(C)CNc1nc(Cl)ncc1F. The second-order valence-electron chi connectivity index (χ2n) is 4.15. The summed E-state index contributed by atoms with van der Waals surface area (Å²) in [4.78, 5) is 18.7. The fourth-order valence-electron chi connectivity index (χ4n) is 1.19. The molecule has 0 atom stereocenters. The third-order valence-electron chi connectivity index (χ3n) is 2.25. The van der Waals surface area contributed by atoms with Crippen LogP contribution in [0.3, 0.4) is 0 Å². The molecule has 0 spiro atoms. The smallest absolute Gasteiger partial charge is 0.227 e. The van der Waals surface area contributed by atoms with E-state index in [9.17, 15) is 9.18 Å². The number of amides is 1. The fourth-order valence-corrected chi connectivity index (χ4v) is 1.33. The molecule has 1 aromatic rings. The Morgan fingerprint density at radius 1 is 1.59 bits per heavy atom. The maximum absolute atomic E-state index is 13.3. The topological polar surface area (TPSA) is 66.9 Å². The lowest BCUT2D eigenvalue weighted by Crippen LogP contribution is -2.39. The fraction of sp³-hybridized carbons (Fsp3) is 0.500. The van der Waals surface area contributed by atoms with Crippen molar-refractivity contribution in [2.75, 3.05) is 18.9 Å². The molecule has 0 radical (unpaired) electrons. The van der Waals surface area contributed by atoms with E-state index in [1.807, 2.05) is 0 Å². The highest BCUT2D eigenvalue weighted by molar-refractivity contribution is 6.28. The molecule has 0 unspecified atom stereocenters. The van der Waals surface area contributed by atoms with Gasteiger partial charge in [-0.05, 0) is 25.4 Å². The number of rotatable bonds is 4. The van der Waals surface area contributed by atoms with Gasteiger partial charge in [-0.2, -0.15) is 4.98 Å². The summed E-state index contributed by atoms with van der Waals surface area (Å²) in [5.41, 5.74) is -0.682. The van der Waals surface area contributed by atoms with Gasteiger partial charge in [0.1, 0.15) is 0 Å². The minimum Gasteiger partial charge on any atom is -0.366 e. The zero-order valence-corrected chi connectivity index (χ0v) is 10.6. The summed E-state index contributed by atoms with van der Waals surface area (Å²) < 4.78 is 13.3. The normalized spacial score (nSPS) is 11.1. The Balaban J connectivity index is 2.73. The van der Waals surface area contributed by atoms with E-state index in [1.54, 1.807) is 20.9 Å². The number of aromatic nitrogens is 2. The van der Waals surface area contributed by atoms with Crippen LogP contribution in [0.15, 0.2) is 6.20 Å². The molecule has 1 heterocycles. The van der Waals surface area contributed by atoms with E-state index >= 15 is 0 Å². The summed E-state index contributed by atoms with van der Waals surface area (Å²) in [6.45, 7) is 3.70. The molecule has 0 aliphatic carbocycles. The van der Waals surface area contributed by atoms with Crippen molar-refractivity contribution in [3.8, 4) is 0 Å². The Bertz CT molecular complexity index is 425. The van der Waals surface area contributed by atoms with Gasteiger partial charge in [0.25, 0.3) is 0 Å². The maximum Gasteiger partial charge on any atom is 0.227 e. The first-order valence-corrected chi connectivity index (χ1v) is 5.38. The average molecular weight is 261 g/mol. The van der Waals surface area contributed by atoms with Gasteiger partial charge in [-0.25, -0.2) is 9.37 Å². The number of nitrogens with one attached hydrogen (secondary N) is 2. The van der Waals surface area contributed by atoms with Crippen molar-refractivity contribution in [1.29, 1.82) is 0 Å². The van der Waals surface area contributed by atoms with Gasteiger partial charge >= 0.3 is 0 Å². The number of carbonyl (C=O) groups is 1. The van der Waals surface area contributed by atoms with Gasteiger partial charge in [-0.1, -0.05) is 0 Å². The first-order valence-electron chi connectivity index (χ1n) is 5.01. The second-order valence-corrected chi connectivity index (χ2v) is 4.49. The van der Waals surface area contributed by atoms with Gasteiger partial charge in [-0.3, -0.25) is 4.79 Å². The zero-order valence-electron chi connectivity index (χ0n) is 9.84. The molecule has 94 valence electrons. The van der Waals surface area contributed by atoms with Crippen molar-refractivity contribution in [2.24, 2.45) is 5.41 Å². The van der Waals surface area contributed by atoms with E-state index in [0.717, 1.165) is 6.20 Å². The molecule has 0 aliphatic rings. The van der Waals surface area contributed by atoms with Crippen molar-refractivity contribution >= 4 is 23.3 Å². The molecule has 1 rings (SSSR count). The van der Waals surface area contributed by atoms with Gasteiger partial charge in [0.15, 0.2) is 11.6 Å². The van der Waals surface area contributed by atoms with Crippen LogP contribution >= 0.6 is 11.6 Å². The van der Waals surface area contributed by atoms with Crippen molar-refractivity contribution < 1.29 is 9.18 Å². The Kier molecular flexibility index (Phi) is 4.22.